The summed E-state index contributed by atoms with van der Waals surface area (Å²) in [6.07, 6.45) is 0. The molecule has 1 rings (SSSR count). The van der Waals surface area contributed by atoms with E-state index in [9.17, 15) is 19.2 Å². The first-order valence-corrected chi connectivity index (χ1v) is 9.22. The van der Waals surface area contributed by atoms with Gasteiger partial charge in [-0.15, -0.1) is 11.8 Å². The lowest BCUT2D eigenvalue weighted by molar-refractivity contribution is -0.147. The molecular weight excluding hydrogens is 372 g/mol. The average Bonchev–Trinajstić information content (AvgIpc) is 2.63. The number of rotatable bonds is 9. The van der Waals surface area contributed by atoms with Crippen LogP contribution in [0.25, 0.3) is 0 Å². The largest absolute Gasteiger partial charge is 0.468 e. The normalized spacial score (nSPS) is 10.3. The van der Waals surface area contributed by atoms with Crippen LogP contribution in [0, 0.1) is 0 Å². The zero-order valence-electron chi connectivity index (χ0n) is 15.8. The fourth-order valence-corrected chi connectivity index (χ4v) is 2.78. The number of nitrogens with zero attached hydrogens (tertiary/aromatic N) is 1. The van der Waals surface area contributed by atoms with Crippen LogP contribution in [0.4, 0.5) is 0 Å². The lowest BCUT2D eigenvalue weighted by Crippen LogP contribution is -2.35. The van der Waals surface area contributed by atoms with E-state index in [0.717, 1.165) is 4.90 Å². The summed E-state index contributed by atoms with van der Waals surface area (Å²) in [5.41, 5.74) is 0.267. The highest BCUT2D eigenvalue weighted by Gasteiger charge is 2.18. The number of methoxy groups -OCH3 is 1. The van der Waals surface area contributed by atoms with E-state index in [2.05, 4.69) is 10.1 Å². The molecule has 0 fully saturated rings. The molecule has 0 aliphatic heterocycles. The number of carbonyl (C=O) groups is 4. The maximum absolute atomic E-state index is 12.3. The van der Waals surface area contributed by atoms with E-state index < -0.39 is 24.5 Å². The van der Waals surface area contributed by atoms with E-state index in [0.29, 0.717) is 4.90 Å². The summed E-state index contributed by atoms with van der Waals surface area (Å²) in [4.78, 5) is 48.8. The van der Waals surface area contributed by atoms with Crippen LogP contribution in [-0.4, -0.2) is 67.8 Å². The number of likely N-dealkylation sites (N-methyl/N-ethyl adjacent to an activating group) is 1. The first kappa shape index (κ1) is 22.5. The molecule has 0 unspecified atom stereocenters. The molecule has 0 spiro atoms. The van der Waals surface area contributed by atoms with Gasteiger partial charge in [-0.05, 0) is 26.0 Å². The van der Waals surface area contributed by atoms with Gasteiger partial charge < -0.3 is 19.7 Å². The van der Waals surface area contributed by atoms with Crippen LogP contribution in [0.2, 0.25) is 0 Å². The van der Waals surface area contributed by atoms with Crippen LogP contribution in [0.1, 0.15) is 24.2 Å². The number of hydrogen-bond donors (Lipinski definition) is 1. The summed E-state index contributed by atoms with van der Waals surface area (Å²) in [6, 6.07) is 6.71. The summed E-state index contributed by atoms with van der Waals surface area (Å²) in [5.74, 6) is -1.77. The van der Waals surface area contributed by atoms with Crippen molar-refractivity contribution in [3.05, 3.63) is 29.8 Å². The molecular formula is C18H24N2O6S. The number of ether oxygens (including phenoxy) is 2. The number of amides is 2. The van der Waals surface area contributed by atoms with Crippen LogP contribution < -0.4 is 5.32 Å². The molecule has 1 aromatic carbocycles. The molecule has 0 saturated heterocycles. The third-order valence-corrected chi connectivity index (χ3v) is 4.34. The molecule has 27 heavy (non-hydrogen) atoms. The Kier molecular flexibility index (Phi) is 9.35. The van der Waals surface area contributed by atoms with Crippen molar-refractivity contribution in [1.82, 2.24) is 10.2 Å². The molecule has 0 radical (unpaired) electrons. The monoisotopic (exact) mass is 396 g/mol. The zero-order chi connectivity index (χ0) is 20.4. The Hall–Kier alpha value is -2.55. The molecule has 8 nitrogen and oxygen atoms in total. The number of benzene rings is 1. The van der Waals surface area contributed by atoms with Gasteiger partial charge in [0.15, 0.2) is 6.61 Å². The SMILES string of the molecule is COC(=O)CN(C)C(=O)COC(=O)c1ccccc1SCC(=O)NC(C)C. The van der Waals surface area contributed by atoms with Crippen molar-refractivity contribution in [2.45, 2.75) is 24.8 Å². The lowest BCUT2D eigenvalue weighted by Gasteiger charge is -2.16. The second-order valence-corrected chi connectivity index (χ2v) is 6.93. The van der Waals surface area contributed by atoms with Gasteiger partial charge in [0.05, 0.1) is 18.4 Å². The molecule has 0 aromatic heterocycles. The molecule has 0 saturated carbocycles. The van der Waals surface area contributed by atoms with Crippen molar-refractivity contribution < 1.29 is 28.7 Å². The van der Waals surface area contributed by atoms with Gasteiger partial charge in [-0.2, -0.15) is 0 Å². The Labute approximate surface area is 162 Å². The highest BCUT2D eigenvalue weighted by Crippen LogP contribution is 2.23. The van der Waals surface area contributed by atoms with Gasteiger partial charge in [0.2, 0.25) is 5.91 Å². The first-order valence-electron chi connectivity index (χ1n) is 8.23. The van der Waals surface area contributed by atoms with Gasteiger partial charge in [0.25, 0.3) is 5.91 Å². The van der Waals surface area contributed by atoms with E-state index >= 15 is 0 Å². The van der Waals surface area contributed by atoms with Crippen molar-refractivity contribution in [1.29, 1.82) is 0 Å². The standard InChI is InChI=1S/C18H24N2O6S/c1-12(2)19-15(21)11-27-14-8-6-5-7-13(14)18(24)26-10-16(22)20(3)9-17(23)25-4/h5-8,12H,9-11H2,1-4H3,(H,19,21). The maximum Gasteiger partial charge on any atom is 0.339 e. The van der Waals surface area contributed by atoms with Crippen LogP contribution in [0.3, 0.4) is 0 Å². The summed E-state index contributed by atoms with van der Waals surface area (Å²) < 4.78 is 9.52. The van der Waals surface area contributed by atoms with E-state index in [-0.39, 0.29) is 29.8 Å². The summed E-state index contributed by atoms with van der Waals surface area (Å²) >= 11 is 1.21. The Morgan fingerprint density at radius 3 is 2.48 bits per heavy atom. The molecule has 2 amide bonds. The highest BCUT2D eigenvalue weighted by molar-refractivity contribution is 8.00. The fourth-order valence-electron chi connectivity index (χ4n) is 1.93. The van der Waals surface area contributed by atoms with Gasteiger partial charge in [-0.1, -0.05) is 12.1 Å². The van der Waals surface area contributed by atoms with Gasteiger partial charge >= 0.3 is 11.9 Å². The lowest BCUT2D eigenvalue weighted by atomic mass is 10.2. The van der Waals surface area contributed by atoms with Gasteiger partial charge in [0.1, 0.15) is 6.54 Å². The smallest absolute Gasteiger partial charge is 0.339 e. The Balaban J connectivity index is 2.63. The molecule has 1 N–H and O–H groups in total. The third-order valence-electron chi connectivity index (χ3n) is 3.26. The number of hydrogen-bond acceptors (Lipinski definition) is 7. The van der Waals surface area contributed by atoms with Gasteiger partial charge in [-0.3, -0.25) is 14.4 Å². The molecule has 0 aliphatic carbocycles. The highest BCUT2D eigenvalue weighted by atomic mass is 32.2. The van der Waals surface area contributed by atoms with Crippen molar-refractivity contribution in [3.8, 4) is 0 Å². The predicted molar refractivity (Wildman–Crippen MR) is 100 cm³/mol. The number of thioether (sulfide) groups is 1. The van der Waals surface area contributed by atoms with Crippen LogP contribution in [0.5, 0.6) is 0 Å². The summed E-state index contributed by atoms with van der Waals surface area (Å²) in [7, 11) is 2.63. The predicted octanol–water partition coefficient (Wildman–Crippen LogP) is 1.09. The second-order valence-electron chi connectivity index (χ2n) is 5.91. The van der Waals surface area contributed by atoms with Crippen molar-refractivity contribution in [2.75, 3.05) is 33.1 Å². The van der Waals surface area contributed by atoms with Crippen molar-refractivity contribution >= 4 is 35.5 Å². The molecule has 0 bridgehead atoms. The van der Waals surface area contributed by atoms with Crippen LogP contribution >= 0.6 is 11.8 Å². The molecule has 0 atom stereocenters. The van der Waals surface area contributed by atoms with Crippen LogP contribution in [0.15, 0.2) is 29.2 Å². The third kappa shape index (κ3) is 8.12. The molecule has 0 heterocycles. The number of carbonyl (C=O) groups excluding carboxylic acids is 4. The van der Waals surface area contributed by atoms with E-state index in [1.165, 1.54) is 25.9 Å². The van der Waals surface area contributed by atoms with Crippen molar-refractivity contribution in [3.63, 3.8) is 0 Å². The van der Waals surface area contributed by atoms with E-state index in [4.69, 9.17) is 4.74 Å². The molecule has 9 heteroatoms. The molecule has 0 aliphatic rings. The Bertz CT molecular complexity index is 692. The van der Waals surface area contributed by atoms with E-state index in [1.54, 1.807) is 24.3 Å². The Morgan fingerprint density at radius 2 is 1.85 bits per heavy atom. The van der Waals surface area contributed by atoms with Gasteiger partial charge in [0, 0.05) is 18.0 Å². The first-order chi connectivity index (χ1) is 12.7. The minimum Gasteiger partial charge on any atom is -0.468 e. The maximum atomic E-state index is 12.3. The van der Waals surface area contributed by atoms with Crippen molar-refractivity contribution in [2.24, 2.45) is 0 Å². The van der Waals surface area contributed by atoms with E-state index in [1.807, 2.05) is 13.8 Å². The topological polar surface area (TPSA) is 102 Å². The summed E-state index contributed by atoms with van der Waals surface area (Å²) in [6.45, 7) is 2.99. The molecule has 148 valence electrons. The quantitative estimate of drug-likeness (QED) is 0.492. The minimum atomic E-state index is -0.679. The summed E-state index contributed by atoms with van der Waals surface area (Å²) in [5, 5.41) is 2.77. The number of esters is 2. The van der Waals surface area contributed by atoms with Crippen LogP contribution in [-0.2, 0) is 23.9 Å². The van der Waals surface area contributed by atoms with Gasteiger partial charge in [-0.25, -0.2) is 4.79 Å². The fraction of sp³-hybridized carbons (Fsp3) is 0.444. The zero-order valence-corrected chi connectivity index (χ0v) is 16.6. The number of nitrogens with one attached hydrogen (secondary N) is 1. The average molecular weight is 396 g/mol. The minimum absolute atomic E-state index is 0.0336. The second kappa shape index (κ2) is 11.2. The Morgan fingerprint density at radius 1 is 1.19 bits per heavy atom. The molecule has 1 aromatic rings.